The number of imide groups is 1. The molecule has 0 saturated heterocycles. The van der Waals surface area contributed by atoms with E-state index in [-0.39, 0.29) is 22.7 Å². The van der Waals surface area contributed by atoms with Crippen molar-refractivity contribution in [3.8, 4) is 0 Å². The molecule has 0 unspecified atom stereocenters. The molecule has 6 heteroatoms. The molecule has 1 aromatic heterocycles. The van der Waals surface area contributed by atoms with Crippen LogP contribution in [-0.2, 0) is 4.84 Å². The highest BCUT2D eigenvalue weighted by atomic mass is 16.7. The van der Waals surface area contributed by atoms with Crippen LogP contribution in [0, 0.1) is 0 Å². The van der Waals surface area contributed by atoms with E-state index in [9.17, 15) is 14.4 Å². The monoisotopic (exact) mass is 358 g/mol. The Labute approximate surface area is 154 Å². The van der Waals surface area contributed by atoms with Crippen LogP contribution in [0.2, 0.25) is 0 Å². The van der Waals surface area contributed by atoms with Gasteiger partial charge in [0.2, 0.25) is 0 Å². The van der Waals surface area contributed by atoms with E-state index in [0.717, 1.165) is 23.8 Å². The van der Waals surface area contributed by atoms with Crippen LogP contribution in [-0.4, -0.2) is 27.8 Å². The van der Waals surface area contributed by atoms with Crippen molar-refractivity contribution in [3.63, 3.8) is 0 Å². The third-order valence-electron chi connectivity index (χ3n) is 4.89. The first-order chi connectivity index (χ1) is 13.1. The van der Waals surface area contributed by atoms with Crippen molar-refractivity contribution in [1.82, 2.24) is 10.0 Å². The van der Waals surface area contributed by atoms with Gasteiger partial charge in [-0.1, -0.05) is 35.4 Å². The van der Waals surface area contributed by atoms with Crippen LogP contribution >= 0.6 is 0 Å². The van der Waals surface area contributed by atoms with Crippen LogP contribution < -0.4 is 0 Å². The summed E-state index contributed by atoms with van der Waals surface area (Å²) in [4.78, 5) is 47.3. The zero-order chi connectivity index (χ0) is 18.5. The van der Waals surface area contributed by atoms with Gasteiger partial charge in [-0.15, -0.1) is 0 Å². The fourth-order valence-electron chi connectivity index (χ4n) is 3.38. The molecule has 2 aliphatic rings. The largest absolute Gasteiger partial charge is 0.382 e. The first-order valence-corrected chi connectivity index (χ1v) is 8.73. The van der Waals surface area contributed by atoms with Crippen LogP contribution in [0.15, 0.2) is 54.6 Å². The second-order valence-corrected chi connectivity index (χ2v) is 6.72. The Morgan fingerprint density at radius 3 is 2.26 bits per heavy atom. The zero-order valence-corrected chi connectivity index (χ0v) is 14.2. The Hall–Kier alpha value is -3.54. The Balaban J connectivity index is 1.51. The lowest BCUT2D eigenvalue weighted by Crippen LogP contribution is -2.33. The molecule has 6 nitrogen and oxygen atoms in total. The van der Waals surface area contributed by atoms with Gasteiger partial charge in [0.1, 0.15) is 0 Å². The van der Waals surface area contributed by atoms with Crippen molar-refractivity contribution in [2.75, 3.05) is 0 Å². The average molecular weight is 358 g/mol. The predicted octanol–water partition coefficient (Wildman–Crippen LogP) is 3.48. The highest BCUT2D eigenvalue weighted by Gasteiger charge is 2.40. The molecular weight excluding hydrogens is 344 g/mol. The molecule has 0 N–H and O–H groups in total. The number of pyridine rings is 1. The molecule has 3 aromatic rings. The quantitative estimate of drug-likeness (QED) is 0.670. The minimum Gasteiger partial charge on any atom is -0.322 e. The fourth-order valence-corrected chi connectivity index (χ4v) is 3.38. The number of rotatable bonds is 3. The summed E-state index contributed by atoms with van der Waals surface area (Å²) >= 11 is 0. The lowest BCUT2D eigenvalue weighted by atomic mass is 10.1. The number of hydroxylamine groups is 2. The Bertz CT molecular complexity index is 1100. The van der Waals surface area contributed by atoms with Gasteiger partial charge in [0.15, 0.2) is 5.69 Å². The van der Waals surface area contributed by atoms with Crippen molar-refractivity contribution in [2.24, 2.45) is 0 Å². The third kappa shape index (κ3) is 2.49. The molecule has 0 atom stereocenters. The lowest BCUT2D eigenvalue weighted by molar-refractivity contribution is -0.0589. The Morgan fingerprint density at radius 2 is 1.59 bits per heavy atom. The summed E-state index contributed by atoms with van der Waals surface area (Å²) in [6.07, 6.45) is 1.96. The normalized spacial score (nSPS) is 15.9. The third-order valence-corrected chi connectivity index (χ3v) is 4.89. The van der Waals surface area contributed by atoms with E-state index in [1.807, 2.05) is 30.3 Å². The van der Waals surface area contributed by atoms with Crippen LogP contribution in [0.3, 0.4) is 0 Å². The first-order valence-electron chi connectivity index (χ1n) is 8.73. The topological polar surface area (TPSA) is 76.6 Å². The van der Waals surface area contributed by atoms with Crippen LogP contribution in [0.5, 0.6) is 0 Å². The second-order valence-electron chi connectivity index (χ2n) is 6.72. The maximum Gasteiger partial charge on any atom is 0.382 e. The number of aromatic nitrogens is 1. The predicted molar refractivity (Wildman–Crippen MR) is 96.1 cm³/mol. The number of carbonyl (C=O) groups is 3. The van der Waals surface area contributed by atoms with Crippen molar-refractivity contribution in [3.05, 3.63) is 77.0 Å². The lowest BCUT2D eigenvalue weighted by Gasteiger charge is -2.14. The van der Waals surface area contributed by atoms with Crippen molar-refractivity contribution >= 4 is 28.7 Å². The molecule has 1 aliphatic heterocycles. The summed E-state index contributed by atoms with van der Waals surface area (Å²) in [6, 6.07) is 15.8. The molecule has 27 heavy (non-hydrogen) atoms. The van der Waals surface area contributed by atoms with E-state index < -0.39 is 17.8 Å². The molecule has 0 spiro atoms. The minimum absolute atomic E-state index is 0.160. The molecular formula is C21H14N2O4. The van der Waals surface area contributed by atoms with Crippen LogP contribution in [0.1, 0.15) is 55.5 Å². The summed E-state index contributed by atoms with van der Waals surface area (Å²) in [6.45, 7) is 0. The fraction of sp³-hybridized carbons (Fsp3) is 0.143. The van der Waals surface area contributed by atoms with E-state index in [4.69, 9.17) is 4.84 Å². The number of fused-ring (bicyclic) bond motifs is 2. The minimum atomic E-state index is -0.794. The molecule has 1 aliphatic carbocycles. The van der Waals surface area contributed by atoms with E-state index in [2.05, 4.69) is 4.98 Å². The number of amides is 2. The standard InChI is InChI=1S/C21H14N2O4/c24-19-14-6-2-3-7-15(14)20(25)23(19)27-21(26)18-16(12-9-10-12)11-13-5-1-4-8-17(13)22-18/h1-8,11-12H,9-10H2. The van der Waals surface area contributed by atoms with Crippen molar-refractivity contribution in [2.45, 2.75) is 18.8 Å². The molecule has 2 amide bonds. The summed E-state index contributed by atoms with van der Waals surface area (Å²) in [5.41, 5.74) is 2.08. The smallest absolute Gasteiger partial charge is 0.322 e. The second kappa shape index (κ2) is 5.74. The van der Waals surface area contributed by atoms with E-state index in [1.54, 1.807) is 12.1 Å². The summed E-state index contributed by atoms with van der Waals surface area (Å²) < 4.78 is 0. The first kappa shape index (κ1) is 15.7. The zero-order valence-electron chi connectivity index (χ0n) is 14.2. The van der Waals surface area contributed by atoms with Gasteiger partial charge < -0.3 is 4.84 Å². The molecule has 1 fully saturated rings. The van der Waals surface area contributed by atoms with Crippen LogP contribution in [0.25, 0.3) is 10.9 Å². The highest BCUT2D eigenvalue weighted by molar-refractivity contribution is 6.21. The maximum atomic E-state index is 12.8. The molecule has 0 radical (unpaired) electrons. The van der Waals surface area contributed by atoms with Gasteiger partial charge in [0.05, 0.1) is 16.6 Å². The van der Waals surface area contributed by atoms with E-state index >= 15 is 0 Å². The number of carbonyl (C=O) groups excluding carboxylic acids is 3. The maximum absolute atomic E-state index is 12.8. The molecule has 1 saturated carbocycles. The summed E-state index contributed by atoms with van der Waals surface area (Å²) in [5.74, 6) is -1.82. The highest BCUT2D eigenvalue weighted by Crippen LogP contribution is 2.42. The SMILES string of the molecule is O=C(ON1C(=O)c2ccccc2C1=O)c1nc2ccccc2cc1C1CC1. The van der Waals surface area contributed by atoms with Crippen molar-refractivity contribution < 1.29 is 19.2 Å². The Morgan fingerprint density at radius 1 is 0.963 bits per heavy atom. The van der Waals surface area contributed by atoms with Crippen molar-refractivity contribution in [1.29, 1.82) is 0 Å². The number of hydrogen-bond acceptors (Lipinski definition) is 5. The summed E-state index contributed by atoms with van der Waals surface area (Å²) in [5, 5.41) is 1.47. The van der Waals surface area contributed by atoms with Crippen LogP contribution in [0.4, 0.5) is 0 Å². The molecule has 132 valence electrons. The van der Waals surface area contributed by atoms with Gasteiger partial charge >= 0.3 is 5.97 Å². The van der Waals surface area contributed by atoms with Gasteiger partial charge in [-0.05, 0) is 48.6 Å². The molecule has 2 aromatic carbocycles. The average Bonchev–Trinajstić information content (AvgIpc) is 3.52. The van der Waals surface area contributed by atoms with E-state index in [0.29, 0.717) is 10.6 Å². The molecule has 0 bridgehead atoms. The van der Waals surface area contributed by atoms with Gasteiger partial charge in [-0.2, -0.15) is 0 Å². The number of nitrogens with zero attached hydrogens (tertiary/aromatic N) is 2. The number of para-hydroxylation sites is 1. The van der Waals surface area contributed by atoms with Gasteiger partial charge in [0, 0.05) is 5.39 Å². The number of benzene rings is 2. The molecule has 2 heterocycles. The number of hydrogen-bond donors (Lipinski definition) is 0. The van der Waals surface area contributed by atoms with E-state index in [1.165, 1.54) is 12.1 Å². The molecule has 5 rings (SSSR count). The summed E-state index contributed by atoms with van der Waals surface area (Å²) in [7, 11) is 0. The van der Waals surface area contributed by atoms with Gasteiger partial charge in [-0.3, -0.25) is 9.59 Å². The van der Waals surface area contributed by atoms with Gasteiger partial charge in [-0.25, -0.2) is 9.78 Å². The Kier molecular flexibility index (Phi) is 3.33. The van der Waals surface area contributed by atoms with Gasteiger partial charge in [0.25, 0.3) is 11.8 Å².